The first-order valence-corrected chi connectivity index (χ1v) is 12.6. The Kier molecular flexibility index (Phi) is 9.00. The average molecular weight is 574 g/mol. The molecule has 5 heteroatoms. The predicted molar refractivity (Wildman–Crippen MR) is 112 cm³/mol. The van der Waals surface area contributed by atoms with Gasteiger partial charge in [-0.05, 0) is 0 Å². The fourth-order valence-corrected chi connectivity index (χ4v) is 5.28. The maximum absolute atomic E-state index is 12.4. The molecule has 0 aliphatic rings. The third kappa shape index (κ3) is 9.90. The number of carbonyl (C=O) groups excluding carboxylic acids is 2. The van der Waals surface area contributed by atoms with E-state index in [-0.39, 0.29) is 22.4 Å². The fraction of sp³-hybridized carbons (Fsp3) is 0.727. The van der Waals surface area contributed by atoms with Gasteiger partial charge in [0.1, 0.15) is 0 Å². The number of rotatable bonds is 6. The average Bonchev–Trinajstić information content (AvgIpc) is 2.40. The van der Waals surface area contributed by atoms with E-state index in [1.807, 2.05) is 83.1 Å². The van der Waals surface area contributed by atoms with Gasteiger partial charge in [0.15, 0.2) is 0 Å². The van der Waals surface area contributed by atoms with Crippen LogP contribution in [0.4, 0.5) is 0 Å². The minimum atomic E-state index is -2.02. The standard InChI is InChI=1S/2C11H20O2.Pb/c2*1-10(2,3)8(12)7-9(13)11(4,5)6;/h2*7,12H,1-6H3;/q;;+2/p-2/b8-7+;8-7-;. The molecule has 0 saturated heterocycles. The Balaban J connectivity index is 5.43. The van der Waals surface area contributed by atoms with Crippen LogP contribution in [0.2, 0.25) is 0 Å². The van der Waals surface area contributed by atoms with Crippen molar-refractivity contribution in [3.8, 4) is 0 Å². The van der Waals surface area contributed by atoms with Gasteiger partial charge >= 0.3 is 180 Å². The van der Waals surface area contributed by atoms with E-state index in [9.17, 15) is 9.59 Å². The van der Waals surface area contributed by atoms with Gasteiger partial charge < -0.3 is 0 Å². The van der Waals surface area contributed by atoms with Gasteiger partial charge in [0.05, 0.1) is 0 Å². The summed E-state index contributed by atoms with van der Waals surface area (Å²) in [5.74, 6) is 1.37. The van der Waals surface area contributed by atoms with Crippen molar-refractivity contribution in [3.05, 3.63) is 23.7 Å². The van der Waals surface area contributed by atoms with Gasteiger partial charge in [-0.2, -0.15) is 0 Å². The van der Waals surface area contributed by atoms with Crippen molar-refractivity contribution in [2.24, 2.45) is 21.7 Å². The molecule has 0 rings (SSSR count). The SMILES string of the molecule is CC(C)(C)C(=O)/C=C(\[O][Pb][O]/C(=C/C(=O)C(C)(C)C)C(C)(C)C)C(C)(C)C. The second kappa shape index (κ2) is 9.23. The molecule has 0 aliphatic carbocycles. The molecule has 27 heavy (non-hydrogen) atoms. The second-order valence-corrected chi connectivity index (χ2v) is 13.3. The van der Waals surface area contributed by atoms with E-state index in [4.69, 9.17) is 5.37 Å². The molecule has 0 heterocycles. The van der Waals surface area contributed by atoms with E-state index in [0.29, 0.717) is 11.5 Å². The van der Waals surface area contributed by atoms with E-state index in [2.05, 4.69) is 0 Å². The molecular weight excluding hydrogens is 535 g/mol. The number of allylic oxidation sites excluding steroid dienone is 4. The second-order valence-electron chi connectivity index (χ2n) is 11.0. The molecule has 0 spiro atoms. The zero-order valence-corrected chi connectivity index (χ0v) is 23.2. The third-order valence-electron chi connectivity index (χ3n) is 3.78. The molecular formula is C22H38O4Pb. The Morgan fingerprint density at radius 2 is 0.815 bits per heavy atom. The molecule has 0 fully saturated rings. The Morgan fingerprint density at radius 3 is 1.00 bits per heavy atom. The molecule has 0 aromatic carbocycles. The molecule has 0 amide bonds. The van der Waals surface area contributed by atoms with Crippen LogP contribution in [0.5, 0.6) is 0 Å². The van der Waals surface area contributed by atoms with Crippen LogP contribution in [-0.2, 0) is 15.0 Å². The van der Waals surface area contributed by atoms with E-state index in [0.717, 1.165) is 0 Å². The zero-order valence-electron chi connectivity index (χ0n) is 19.3. The summed E-state index contributed by atoms with van der Waals surface area (Å²) < 4.78 is 12.1. The summed E-state index contributed by atoms with van der Waals surface area (Å²) in [5.41, 5.74) is -1.48. The van der Waals surface area contributed by atoms with Crippen LogP contribution in [-0.4, -0.2) is 36.7 Å². The summed E-state index contributed by atoms with van der Waals surface area (Å²) in [5, 5.41) is 0. The molecule has 0 aromatic rings. The molecule has 2 radical (unpaired) electrons. The van der Waals surface area contributed by atoms with Gasteiger partial charge in [0, 0.05) is 0 Å². The van der Waals surface area contributed by atoms with Gasteiger partial charge in [-0.25, -0.2) is 0 Å². The Labute approximate surface area is 179 Å². The van der Waals surface area contributed by atoms with E-state index < -0.39 is 36.0 Å². The van der Waals surface area contributed by atoms with Crippen LogP contribution in [0.1, 0.15) is 83.1 Å². The number of hydrogen-bond donors (Lipinski definition) is 0. The van der Waals surface area contributed by atoms with Crippen molar-refractivity contribution in [1.82, 2.24) is 0 Å². The van der Waals surface area contributed by atoms with Crippen molar-refractivity contribution in [3.63, 3.8) is 0 Å². The van der Waals surface area contributed by atoms with Crippen LogP contribution in [0.15, 0.2) is 23.7 Å². The van der Waals surface area contributed by atoms with Crippen molar-refractivity contribution in [2.75, 3.05) is 0 Å². The first kappa shape index (κ1) is 26.3. The number of hydrogen-bond acceptors (Lipinski definition) is 4. The first-order chi connectivity index (χ1) is 11.8. The molecule has 0 bridgehead atoms. The Bertz CT molecular complexity index is 546. The van der Waals surface area contributed by atoms with Crippen LogP contribution in [0.25, 0.3) is 0 Å². The van der Waals surface area contributed by atoms with Crippen molar-refractivity contribution >= 4 is 36.7 Å². The van der Waals surface area contributed by atoms with Crippen LogP contribution in [0.3, 0.4) is 0 Å². The Morgan fingerprint density at radius 1 is 0.556 bits per heavy atom. The summed E-state index contributed by atoms with van der Waals surface area (Å²) in [6.45, 7) is 23.4. The van der Waals surface area contributed by atoms with Crippen LogP contribution in [0, 0.1) is 21.7 Å². The molecule has 0 aliphatic heterocycles. The molecule has 154 valence electrons. The topological polar surface area (TPSA) is 52.6 Å². The molecule has 4 nitrogen and oxygen atoms in total. The Hall–Kier alpha value is -0.658. The van der Waals surface area contributed by atoms with Gasteiger partial charge in [-0.1, -0.05) is 0 Å². The molecule has 0 unspecified atom stereocenters. The summed E-state index contributed by atoms with van der Waals surface area (Å²) in [6.07, 6.45) is 3.22. The molecule has 0 saturated carbocycles. The van der Waals surface area contributed by atoms with E-state index >= 15 is 0 Å². The quantitative estimate of drug-likeness (QED) is 0.234. The monoisotopic (exact) mass is 574 g/mol. The predicted octanol–water partition coefficient (Wildman–Crippen LogP) is 5.64. The summed E-state index contributed by atoms with van der Waals surface area (Å²) in [4.78, 5) is 24.8. The number of ketones is 2. The van der Waals surface area contributed by atoms with Crippen molar-refractivity contribution in [1.29, 1.82) is 0 Å². The molecule has 0 aromatic heterocycles. The summed E-state index contributed by atoms with van der Waals surface area (Å²) in [6, 6.07) is 0. The van der Waals surface area contributed by atoms with Gasteiger partial charge in [-0.15, -0.1) is 0 Å². The maximum atomic E-state index is 12.4. The van der Waals surface area contributed by atoms with E-state index in [1.54, 1.807) is 12.2 Å². The van der Waals surface area contributed by atoms with Crippen molar-refractivity contribution in [2.45, 2.75) is 83.1 Å². The van der Waals surface area contributed by atoms with Gasteiger partial charge in [-0.3, -0.25) is 0 Å². The molecule has 0 atom stereocenters. The van der Waals surface area contributed by atoms with Gasteiger partial charge in [0.25, 0.3) is 0 Å². The van der Waals surface area contributed by atoms with Crippen LogP contribution >= 0.6 is 0 Å². The first-order valence-electron chi connectivity index (χ1n) is 9.38. The summed E-state index contributed by atoms with van der Waals surface area (Å²) in [7, 11) is 0. The minimum absolute atomic E-state index is 0.0329. The van der Waals surface area contributed by atoms with Crippen molar-refractivity contribution < 1.29 is 15.0 Å². The van der Waals surface area contributed by atoms with E-state index in [1.165, 1.54) is 0 Å². The normalized spacial score (nSPS) is 14.8. The third-order valence-corrected chi connectivity index (χ3v) is 6.14. The van der Waals surface area contributed by atoms with Crippen LogP contribution < -0.4 is 0 Å². The number of carbonyl (C=O) groups is 2. The molecule has 0 N–H and O–H groups in total. The zero-order chi connectivity index (χ0) is 21.8. The van der Waals surface area contributed by atoms with Gasteiger partial charge in [0.2, 0.25) is 0 Å². The summed E-state index contributed by atoms with van der Waals surface area (Å²) >= 11 is -2.02. The fourth-order valence-electron chi connectivity index (χ4n) is 1.58.